The standard InChI is InChI=1S/C17H18BF3/c1-3-5-13-8-10-15(11-9-13)18(2)16-7-4-6-14(12-16)17(19,20)21/h4,6-12H,3,5H2,1-2H3. The summed E-state index contributed by atoms with van der Waals surface area (Å²) in [6.07, 6.45) is -2.18. The monoisotopic (exact) mass is 290 g/mol. The van der Waals surface area contributed by atoms with Crippen LogP contribution < -0.4 is 10.9 Å². The van der Waals surface area contributed by atoms with Crippen LogP contribution in [-0.2, 0) is 12.6 Å². The Morgan fingerprint density at radius 2 is 1.62 bits per heavy atom. The zero-order chi connectivity index (χ0) is 15.5. The lowest BCUT2D eigenvalue weighted by molar-refractivity contribution is -0.137. The summed E-state index contributed by atoms with van der Waals surface area (Å²) in [6, 6.07) is 13.7. The van der Waals surface area contributed by atoms with E-state index in [4.69, 9.17) is 0 Å². The molecule has 110 valence electrons. The summed E-state index contributed by atoms with van der Waals surface area (Å²) in [4.78, 5) is 0. The second-order valence-corrected chi connectivity index (χ2v) is 5.34. The minimum absolute atomic E-state index is 0.0528. The van der Waals surface area contributed by atoms with Gasteiger partial charge >= 0.3 is 6.18 Å². The molecule has 0 heterocycles. The van der Waals surface area contributed by atoms with Crippen LogP contribution in [0, 0.1) is 0 Å². The minimum Gasteiger partial charge on any atom is -0.166 e. The molecular formula is C17H18BF3. The topological polar surface area (TPSA) is 0 Å². The van der Waals surface area contributed by atoms with Crippen LogP contribution in [-0.4, -0.2) is 6.71 Å². The molecule has 0 radical (unpaired) electrons. The van der Waals surface area contributed by atoms with Crippen molar-refractivity contribution >= 4 is 17.6 Å². The fraction of sp³-hybridized carbons (Fsp3) is 0.294. The Kier molecular flexibility index (Phi) is 4.76. The van der Waals surface area contributed by atoms with Crippen molar-refractivity contribution in [1.29, 1.82) is 0 Å². The molecule has 4 heteroatoms. The maximum atomic E-state index is 12.8. The van der Waals surface area contributed by atoms with Crippen LogP contribution in [0.5, 0.6) is 0 Å². The number of hydrogen-bond donors (Lipinski definition) is 0. The summed E-state index contributed by atoms with van der Waals surface area (Å²) in [5.41, 5.74) is 2.40. The lowest BCUT2D eigenvalue weighted by Crippen LogP contribution is -2.39. The zero-order valence-corrected chi connectivity index (χ0v) is 12.2. The first kappa shape index (κ1) is 15.7. The number of benzene rings is 2. The Hall–Kier alpha value is -1.71. The Labute approximate surface area is 124 Å². The molecule has 0 saturated heterocycles. The van der Waals surface area contributed by atoms with Crippen LogP contribution >= 0.6 is 0 Å². The summed E-state index contributed by atoms with van der Waals surface area (Å²) in [5.74, 6) is 0. The van der Waals surface area contributed by atoms with E-state index in [1.165, 1.54) is 17.7 Å². The van der Waals surface area contributed by atoms with Gasteiger partial charge in [0.05, 0.1) is 5.56 Å². The van der Waals surface area contributed by atoms with Crippen molar-refractivity contribution in [3.05, 3.63) is 59.7 Å². The summed E-state index contributed by atoms with van der Waals surface area (Å²) < 4.78 is 38.3. The number of halogens is 3. The van der Waals surface area contributed by atoms with Crippen LogP contribution in [0.3, 0.4) is 0 Å². The number of alkyl halides is 3. The van der Waals surface area contributed by atoms with E-state index < -0.39 is 11.7 Å². The van der Waals surface area contributed by atoms with Gasteiger partial charge in [0, 0.05) is 0 Å². The molecule has 2 rings (SSSR count). The molecule has 0 amide bonds. The van der Waals surface area contributed by atoms with E-state index in [0.29, 0.717) is 5.46 Å². The van der Waals surface area contributed by atoms with E-state index in [1.807, 2.05) is 19.0 Å². The van der Waals surface area contributed by atoms with Gasteiger partial charge in [-0.3, -0.25) is 0 Å². The van der Waals surface area contributed by atoms with Gasteiger partial charge < -0.3 is 0 Å². The van der Waals surface area contributed by atoms with Crippen molar-refractivity contribution in [2.75, 3.05) is 0 Å². The van der Waals surface area contributed by atoms with E-state index >= 15 is 0 Å². The average molecular weight is 290 g/mol. The molecule has 0 aliphatic heterocycles. The van der Waals surface area contributed by atoms with Gasteiger partial charge in [0.25, 0.3) is 0 Å². The molecule has 0 atom stereocenters. The molecule has 0 unspecified atom stereocenters. The second kappa shape index (κ2) is 6.38. The van der Waals surface area contributed by atoms with Crippen LogP contribution in [0.4, 0.5) is 13.2 Å². The molecule has 0 fully saturated rings. The predicted octanol–water partition coefficient (Wildman–Crippen LogP) is 3.90. The zero-order valence-electron chi connectivity index (χ0n) is 12.2. The molecule has 0 bridgehead atoms. The van der Waals surface area contributed by atoms with E-state index in [2.05, 4.69) is 19.1 Å². The van der Waals surface area contributed by atoms with Gasteiger partial charge in [0.2, 0.25) is 6.71 Å². The highest BCUT2D eigenvalue weighted by Gasteiger charge is 2.31. The summed E-state index contributed by atoms with van der Waals surface area (Å²) in [7, 11) is 0. The van der Waals surface area contributed by atoms with Gasteiger partial charge in [-0.2, -0.15) is 13.2 Å². The van der Waals surface area contributed by atoms with Crippen molar-refractivity contribution < 1.29 is 13.2 Å². The molecular weight excluding hydrogens is 272 g/mol. The minimum atomic E-state index is -4.29. The Morgan fingerprint density at radius 1 is 0.952 bits per heavy atom. The first-order chi connectivity index (χ1) is 9.91. The molecule has 0 nitrogen and oxygen atoms in total. The molecule has 0 aliphatic rings. The number of rotatable bonds is 4. The fourth-order valence-corrected chi connectivity index (χ4v) is 2.44. The van der Waals surface area contributed by atoms with Gasteiger partial charge in [-0.1, -0.05) is 79.6 Å². The van der Waals surface area contributed by atoms with Crippen molar-refractivity contribution in [2.45, 2.75) is 32.8 Å². The quantitative estimate of drug-likeness (QED) is 0.749. The lowest BCUT2D eigenvalue weighted by Gasteiger charge is -2.13. The largest absolute Gasteiger partial charge is 0.416 e. The Bertz CT molecular complexity index is 588. The van der Waals surface area contributed by atoms with E-state index in [0.717, 1.165) is 24.4 Å². The third-order valence-electron chi connectivity index (χ3n) is 3.73. The maximum Gasteiger partial charge on any atom is 0.416 e. The lowest BCUT2D eigenvalue weighted by atomic mass is 9.42. The van der Waals surface area contributed by atoms with Crippen LogP contribution in [0.2, 0.25) is 6.82 Å². The SMILES string of the molecule is CCCc1ccc(B(C)c2cccc(C(F)(F)F)c2)cc1. The van der Waals surface area contributed by atoms with Crippen molar-refractivity contribution in [3.63, 3.8) is 0 Å². The first-order valence-electron chi connectivity index (χ1n) is 7.18. The highest BCUT2D eigenvalue weighted by Crippen LogP contribution is 2.28. The van der Waals surface area contributed by atoms with Crippen LogP contribution in [0.15, 0.2) is 48.5 Å². The molecule has 0 spiro atoms. The highest BCUT2D eigenvalue weighted by molar-refractivity contribution is 6.84. The molecule has 0 N–H and O–H groups in total. The van der Waals surface area contributed by atoms with E-state index in [1.54, 1.807) is 6.07 Å². The van der Waals surface area contributed by atoms with Crippen molar-refractivity contribution in [2.24, 2.45) is 0 Å². The normalized spacial score (nSPS) is 11.5. The summed E-state index contributed by atoms with van der Waals surface area (Å²) in [5, 5.41) is 0. The molecule has 0 aromatic heterocycles. The molecule has 2 aromatic rings. The van der Waals surface area contributed by atoms with Crippen LogP contribution in [0.1, 0.15) is 24.5 Å². The fourth-order valence-electron chi connectivity index (χ4n) is 2.44. The third-order valence-corrected chi connectivity index (χ3v) is 3.73. The summed E-state index contributed by atoms with van der Waals surface area (Å²) >= 11 is 0. The number of hydrogen-bond acceptors (Lipinski definition) is 0. The van der Waals surface area contributed by atoms with E-state index in [-0.39, 0.29) is 6.71 Å². The second-order valence-electron chi connectivity index (χ2n) is 5.34. The van der Waals surface area contributed by atoms with Gasteiger partial charge in [-0.15, -0.1) is 0 Å². The summed E-state index contributed by atoms with van der Waals surface area (Å²) in [6.45, 7) is 4.01. The van der Waals surface area contributed by atoms with Gasteiger partial charge in [0.15, 0.2) is 0 Å². The maximum absolute atomic E-state index is 12.8. The number of aryl methyl sites for hydroxylation is 1. The molecule has 0 aliphatic carbocycles. The molecule has 0 saturated carbocycles. The highest BCUT2D eigenvalue weighted by atomic mass is 19.4. The van der Waals surface area contributed by atoms with E-state index in [9.17, 15) is 13.2 Å². The van der Waals surface area contributed by atoms with Crippen molar-refractivity contribution in [3.8, 4) is 0 Å². The van der Waals surface area contributed by atoms with Gasteiger partial charge in [-0.05, 0) is 12.0 Å². The van der Waals surface area contributed by atoms with Gasteiger partial charge in [-0.25, -0.2) is 0 Å². The molecule has 2 aromatic carbocycles. The predicted molar refractivity (Wildman–Crippen MR) is 82.8 cm³/mol. The smallest absolute Gasteiger partial charge is 0.166 e. The van der Waals surface area contributed by atoms with Crippen molar-refractivity contribution in [1.82, 2.24) is 0 Å². The first-order valence-corrected chi connectivity index (χ1v) is 7.18. The van der Waals surface area contributed by atoms with Crippen LogP contribution in [0.25, 0.3) is 0 Å². The molecule has 21 heavy (non-hydrogen) atoms. The van der Waals surface area contributed by atoms with Gasteiger partial charge in [0.1, 0.15) is 0 Å². The third kappa shape index (κ3) is 3.90. The Balaban J connectivity index is 2.25. The average Bonchev–Trinajstić information content (AvgIpc) is 2.47. The Morgan fingerprint density at radius 3 is 2.19 bits per heavy atom.